The lowest BCUT2D eigenvalue weighted by Gasteiger charge is -2.16. The number of hydrogen-bond donors (Lipinski definition) is 1. The van der Waals surface area contributed by atoms with Gasteiger partial charge in [-0.25, -0.2) is 0 Å². The first kappa shape index (κ1) is 11.3. The Labute approximate surface area is 96.5 Å². The zero-order valence-electron chi connectivity index (χ0n) is 9.95. The van der Waals surface area contributed by atoms with Crippen LogP contribution in [0, 0.1) is 0 Å². The molecule has 2 rings (SSSR count). The van der Waals surface area contributed by atoms with E-state index in [1.807, 2.05) is 6.07 Å². The third-order valence-electron chi connectivity index (χ3n) is 3.21. The van der Waals surface area contributed by atoms with Crippen LogP contribution in [-0.2, 0) is 6.42 Å². The zero-order valence-corrected chi connectivity index (χ0v) is 9.95. The molecular weight excluding hydrogens is 202 g/mol. The van der Waals surface area contributed by atoms with Crippen molar-refractivity contribution in [3.63, 3.8) is 0 Å². The molecule has 2 N–H and O–H groups in total. The van der Waals surface area contributed by atoms with Crippen molar-refractivity contribution in [1.82, 2.24) is 0 Å². The quantitative estimate of drug-likeness (QED) is 0.846. The van der Waals surface area contributed by atoms with Gasteiger partial charge < -0.3 is 15.2 Å². The Hall–Kier alpha value is -1.22. The van der Waals surface area contributed by atoms with Gasteiger partial charge >= 0.3 is 0 Å². The van der Waals surface area contributed by atoms with Crippen LogP contribution in [0.5, 0.6) is 11.5 Å². The van der Waals surface area contributed by atoms with E-state index in [1.54, 1.807) is 7.11 Å². The number of methoxy groups -OCH3 is 1. The Bertz CT molecular complexity index is 376. The Morgan fingerprint density at radius 3 is 3.00 bits per heavy atom. The van der Waals surface area contributed by atoms with Crippen LogP contribution in [0.25, 0.3) is 0 Å². The van der Waals surface area contributed by atoms with Gasteiger partial charge in [0.2, 0.25) is 0 Å². The van der Waals surface area contributed by atoms with Gasteiger partial charge in [-0.2, -0.15) is 0 Å². The van der Waals surface area contributed by atoms with Crippen LogP contribution in [0.3, 0.4) is 0 Å². The summed E-state index contributed by atoms with van der Waals surface area (Å²) in [6.45, 7) is 3.70. The van der Waals surface area contributed by atoms with Crippen LogP contribution in [0.1, 0.15) is 30.4 Å². The Morgan fingerprint density at radius 2 is 2.31 bits per heavy atom. The molecule has 0 radical (unpaired) electrons. The summed E-state index contributed by atoms with van der Waals surface area (Å²) in [6, 6.07) is 4.14. The first-order valence-corrected chi connectivity index (χ1v) is 5.80. The number of fused-ring (bicyclic) bond motifs is 1. The Morgan fingerprint density at radius 1 is 1.50 bits per heavy atom. The molecule has 0 fully saturated rings. The van der Waals surface area contributed by atoms with Crippen molar-refractivity contribution in [2.75, 3.05) is 20.3 Å². The molecule has 1 aliphatic heterocycles. The van der Waals surface area contributed by atoms with Crippen molar-refractivity contribution in [3.05, 3.63) is 23.3 Å². The van der Waals surface area contributed by atoms with Crippen molar-refractivity contribution in [3.8, 4) is 11.5 Å². The van der Waals surface area contributed by atoms with Crippen molar-refractivity contribution in [1.29, 1.82) is 0 Å². The van der Waals surface area contributed by atoms with E-state index in [4.69, 9.17) is 15.2 Å². The molecule has 0 aromatic heterocycles. The number of hydrogen-bond acceptors (Lipinski definition) is 3. The van der Waals surface area contributed by atoms with E-state index in [2.05, 4.69) is 13.0 Å². The molecule has 3 heteroatoms. The largest absolute Gasteiger partial charge is 0.493 e. The molecule has 1 unspecified atom stereocenters. The first-order valence-electron chi connectivity index (χ1n) is 5.80. The summed E-state index contributed by atoms with van der Waals surface area (Å²) < 4.78 is 10.9. The molecule has 88 valence electrons. The van der Waals surface area contributed by atoms with Crippen molar-refractivity contribution < 1.29 is 9.47 Å². The molecule has 16 heavy (non-hydrogen) atoms. The highest BCUT2D eigenvalue weighted by molar-refractivity contribution is 5.53. The van der Waals surface area contributed by atoms with Crippen LogP contribution >= 0.6 is 0 Å². The van der Waals surface area contributed by atoms with Gasteiger partial charge in [0.1, 0.15) is 0 Å². The third kappa shape index (κ3) is 1.87. The predicted octanol–water partition coefficient (Wildman–Crippen LogP) is 2.08. The lowest BCUT2D eigenvalue weighted by Crippen LogP contribution is -2.06. The highest BCUT2D eigenvalue weighted by atomic mass is 16.5. The van der Waals surface area contributed by atoms with E-state index in [0.29, 0.717) is 5.92 Å². The minimum atomic E-state index is 0.492. The molecular formula is C13H19NO2. The Balaban J connectivity index is 2.37. The molecule has 0 aliphatic carbocycles. The lowest BCUT2D eigenvalue weighted by atomic mass is 9.91. The molecule has 3 nitrogen and oxygen atoms in total. The topological polar surface area (TPSA) is 44.5 Å². The van der Waals surface area contributed by atoms with E-state index in [-0.39, 0.29) is 0 Å². The molecule has 0 spiro atoms. The highest BCUT2D eigenvalue weighted by Gasteiger charge is 2.22. The van der Waals surface area contributed by atoms with Crippen LogP contribution in [0.4, 0.5) is 0 Å². The van der Waals surface area contributed by atoms with Crippen molar-refractivity contribution in [2.24, 2.45) is 5.73 Å². The number of rotatable bonds is 4. The van der Waals surface area contributed by atoms with Crippen LogP contribution < -0.4 is 15.2 Å². The Kier molecular flexibility index (Phi) is 3.34. The maximum Gasteiger partial charge on any atom is 0.164 e. The second-order valence-electron chi connectivity index (χ2n) is 4.24. The van der Waals surface area contributed by atoms with Gasteiger partial charge in [-0.3, -0.25) is 0 Å². The molecule has 0 saturated carbocycles. The van der Waals surface area contributed by atoms with Gasteiger partial charge in [0, 0.05) is 12.0 Å². The summed E-state index contributed by atoms with van der Waals surface area (Å²) >= 11 is 0. The third-order valence-corrected chi connectivity index (χ3v) is 3.21. The van der Waals surface area contributed by atoms with Gasteiger partial charge in [-0.1, -0.05) is 13.0 Å². The lowest BCUT2D eigenvalue weighted by molar-refractivity contribution is 0.326. The van der Waals surface area contributed by atoms with Crippen molar-refractivity contribution in [2.45, 2.75) is 25.7 Å². The van der Waals surface area contributed by atoms with Gasteiger partial charge in [-0.05, 0) is 30.5 Å². The molecule has 0 bridgehead atoms. The molecule has 0 saturated heterocycles. The van der Waals surface area contributed by atoms with E-state index in [9.17, 15) is 0 Å². The number of nitrogens with two attached hydrogens (primary N) is 1. The van der Waals surface area contributed by atoms with Crippen LogP contribution in [0.15, 0.2) is 12.1 Å². The fraction of sp³-hybridized carbons (Fsp3) is 0.538. The highest BCUT2D eigenvalue weighted by Crippen LogP contribution is 2.40. The maximum atomic E-state index is 5.63. The average Bonchev–Trinajstić information content (AvgIpc) is 2.76. The van der Waals surface area contributed by atoms with E-state index < -0.39 is 0 Å². The SMILES string of the molecule is COc1ccc(C(C)CCN)c2c1OCC2. The first-order chi connectivity index (χ1) is 7.77. The maximum absolute atomic E-state index is 5.63. The average molecular weight is 221 g/mol. The summed E-state index contributed by atoms with van der Waals surface area (Å²) in [5.41, 5.74) is 8.28. The molecule has 1 atom stereocenters. The summed E-state index contributed by atoms with van der Waals surface area (Å²) in [6.07, 6.45) is 2.00. The second-order valence-corrected chi connectivity index (χ2v) is 4.24. The fourth-order valence-electron chi connectivity index (χ4n) is 2.32. The van der Waals surface area contributed by atoms with Gasteiger partial charge in [0.25, 0.3) is 0 Å². The molecule has 1 aliphatic rings. The molecule has 1 aromatic rings. The summed E-state index contributed by atoms with van der Waals surface area (Å²) in [4.78, 5) is 0. The minimum absolute atomic E-state index is 0.492. The zero-order chi connectivity index (χ0) is 11.5. The fourth-order valence-corrected chi connectivity index (χ4v) is 2.32. The smallest absolute Gasteiger partial charge is 0.164 e. The van der Waals surface area contributed by atoms with E-state index >= 15 is 0 Å². The van der Waals surface area contributed by atoms with Gasteiger partial charge in [0.15, 0.2) is 11.5 Å². The summed E-state index contributed by atoms with van der Waals surface area (Å²) in [7, 11) is 1.68. The van der Waals surface area contributed by atoms with E-state index in [1.165, 1.54) is 11.1 Å². The predicted molar refractivity (Wildman–Crippen MR) is 64.3 cm³/mol. The monoisotopic (exact) mass is 221 g/mol. The van der Waals surface area contributed by atoms with Crippen LogP contribution in [-0.4, -0.2) is 20.3 Å². The van der Waals surface area contributed by atoms with E-state index in [0.717, 1.165) is 37.5 Å². The van der Waals surface area contributed by atoms with Crippen LogP contribution in [0.2, 0.25) is 0 Å². The standard InChI is InChI=1S/C13H19NO2/c1-9(5-7-14)10-3-4-12(15-2)13-11(10)6-8-16-13/h3-4,9H,5-8,14H2,1-2H3. The van der Waals surface area contributed by atoms with Gasteiger partial charge in [-0.15, -0.1) is 0 Å². The number of ether oxygens (including phenoxy) is 2. The molecule has 0 amide bonds. The molecule has 1 heterocycles. The summed E-state index contributed by atoms with van der Waals surface area (Å²) in [5.74, 6) is 2.27. The second kappa shape index (κ2) is 4.74. The normalized spacial score (nSPS) is 15.4. The minimum Gasteiger partial charge on any atom is -0.493 e. The molecule has 1 aromatic carbocycles. The number of benzene rings is 1. The summed E-state index contributed by atoms with van der Waals surface area (Å²) in [5, 5.41) is 0. The van der Waals surface area contributed by atoms with Gasteiger partial charge in [0.05, 0.1) is 13.7 Å². The van der Waals surface area contributed by atoms with Crippen molar-refractivity contribution >= 4 is 0 Å².